The van der Waals surface area contributed by atoms with E-state index in [-0.39, 0.29) is 0 Å². The molecule has 1 aliphatic carbocycles. The van der Waals surface area contributed by atoms with Crippen LogP contribution < -0.4 is 0 Å². The molecule has 0 saturated heterocycles. The predicted octanol–water partition coefficient (Wildman–Crippen LogP) is 3.98. The topological polar surface area (TPSA) is 42.2 Å². The van der Waals surface area contributed by atoms with Crippen molar-refractivity contribution >= 4 is 17.6 Å². The molecule has 3 nitrogen and oxygen atoms in total. The Kier molecular flexibility index (Phi) is 3.77. The molecule has 1 N–H and O–H groups in total. The third-order valence-corrected chi connectivity index (χ3v) is 3.97. The Morgan fingerprint density at radius 2 is 2.35 bits per heavy atom. The third-order valence-electron chi connectivity index (χ3n) is 3.76. The molecule has 1 aromatic rings. The van der Waals surface area contributed by atoms with Gasteiger partial charge in [0.05, 0.1) is 5.02 Å². The number of carboxylic acids is 1. The molecule has 2 unspecified atom stereocenters. The molecular weight excluding hydrogens is 238 g/mol. The minimum absolute atomic E-state index is 0.298. The molecule has 17 heavy (non-hydrogen) atoms. The Balaban J connectivity index is 2.23. The van der Waals surface area contributed by atoms with Crippen molar-refractivity contribution in [1.82, 2.24) is 4.57 Å². The first-order valence-electron chi connectivity index (χ1n) is 6.22. The molecule has 4 heteroatoms. The van der Waals surface area contributed by atoms with Gasteiger partial charge in [0, 0.05) is 12.2 Å². The standard InChI is InChI=1S/C13H18ClNO2/c1-2-9-4-3-5-11(6-9)15-8-10(14)7-12(15)13(16)17/h7-9,11H,2-6H2,1H3,(H,16,17). The highest BCUT2D eigenvalue weighted by atomic mass is 35.5. The smallest absolute Gasteiger partial charge is 0.352 e. The van der Waals surface area contributed by atoms with Gasteiger partial charge in [-0.2, -0.15) is 0 Å². The Bertz CT molecular complexity index is 414. The second kappa shape index (κ2) is 5.13. The number of rotatable bonds is 3. The SMILES string of the molecule is CCC1CCCC(n2cc(Cl)cc2C(=O)O)C1. The van der Waals surface area contributed by atoms with Crippen LogP contribution in [0.1, 0.15) is 55.6 Å². The van der Waals surface area contributed by atoms with Crippen LogP contribution in [0.4, 0.5) is 0 Å². The first kappa shape index (κ1) is 12.5. The monoisotopic (exact) mass is 255 g/mol. The highest BCUT2D eigenvalue weighted by Crippen LogP contribution is 2.35. The van der Waals surface area contributed by atoms with Crippen molar-refractivity contribution in [1.29, 1.82) is 0 Å². The van der Waals surface area contributed by atoms with Gasteiger partial charge in [0.15, 0.2) is 0 Å². The van der Waals surface area contributed by atoms with E-state index in [2.05, 4.69) is 6.92 Å². The van der Waals surface area contributed by atoms with E-state index in [0.29, 0.717) is 16.8 Å². The zero-order chi connectivity index (χ0) is 12.4. The number of hydrogen-bond donors (Lipinski definition) is 1. The van der Waals surface area contributed by atoms with Crippen LogP contribution in [0.25, 0.3) is 0 Å². The molecule has 1 fully saturated rings. The second-order valence-electron chi connectivity index (χ2n) is 4.85. The van der Waals surface area contributed by atoms with E-state index in [1.807, 2.05) is 4.57 Å². The van der Waals surface area contributed by atoms with Crippen LogP contribution in [-0.4, -0.2) is 15.6 Å². The van der Waals surface area contributed by atoms with E-state index >= 15 is 0 Å². The van der Waals surface area contributed by atoms with Crippen LogP contribution in [0.3, 0.4) is 0 Å². The normalized spacial score (nSPS) is 24.8. The van der Waals surface area contributed by atoms with Crippen molar-refractivity contribution in [3.8, 4) is 0 Å². The summed E-state index contributed by atoms with van der Waals surface area (Å²) in [6, 6.07) is 1.84. The first-order chi connectivity index (χ1) is 8.11. The van der Waals surface area contributed by atoms with Crippen LogP contribution in [-0.2, 0) is 0 Å². The fourth-order valence-corrected chi connectivity index (χ4v) is 3.01. The van der Waals surface area contributed by atoms with Gasteiger partial charge in [0.2, 0.25) is 0 Å². The van der Waals surface area contributed by atoms with Crippen LogP contribution in [0.15, 0.2) is 12.3 Å². The molecular formula is C13H18ClNO2. The number of hydrogen-bond acceptors (Lipinski definition) is 1. The maximum atomic E-state index is 11.1. The number of halogens is 1. The van der Waals surface area contributed by atoms with Crippen molar-refractivity contribution in [2.75, 3.05) is 0 Å². The minimum atomic E-state index is -0.893. The lowest BCUT2D eigenvalue weighted by Crippen LogP contribution is -2.21. The highest BCUT2D eigenvalue weighted by Gasteiger charge is 2.25. The van der Waals surface area contributed by atoms with E-state index in [0.717, 1.165) is 18.8 Å². The van der Waals surface area contributed by atoms with Crippen LogP contribution in [0.5, 0.6) is 0 Å². The van der Waals surface area contributed by atoms with Crippen molar-refractivity contribution < 1.29 is 9.90 Å². The summed E-state index contributed by atoms with van der Waals surface area (Å²) in [5, 5.41) is 9.67. The fourth-order valence-electron chi connectivity index (χ4n) is 2.81. The predicted molar refractivity (Wildman–Crippen MR) is 67.7 cm³/mol. The van der Waals surface area contributed by atoms with Crippen molar-refractivity contribution in [2.24, 2.45) is 5.92 Å². The van der Waals surface area contributed by atoms with Gasteiger partial charge in [-0.25, -0.2) is 4.79 Å². The van der Waals surface area contributed by atoms with E-state index in [1.165, 1.54) is 19.3 Å². The highest BCUT2D eigenvalue weighted by molar-refractivity contribution is 6.30. The fraction of sp³-hybridized carbons (Fsp3) is 0.615. The van der Waals surface area contributed by atoms with Crippen molar-refractivity contribution in [2.45, 2.75) is 45.1 Å². The van der Waals surface area contributed by atoms with Crippen molar-refractivity contribution in [3.63, 3.8) is 0 Å². The second-order valence-corrected chi connectivity index (χ2v) is 5.29. The number of nitrogens with zero attached hydrogens (tertiary/aromatic N) is 1. The van der Waals surface area contributed by atoms with Gasteiger partial charge in [-0.15, -0.1) is 0 Å². The molecule has 0 aliphatic heterocycles. The zero-order valence-electron chi connectivity index (χ0n) is 10.0. The van der Waals surface area contributed by atoms with Crippen molar-refractivity contribution in [3.05, 3.63) is 23.0 Å². The maximum absolute atomic E-state index is 11.1. The summed E-state index contributed by atoms with van der Waals surface area (Å²) in [6.45, 7) is 2.20. The summed E-state index contributed by atoms with van der Waals surface area (Å²) in [5.41, 5.74) is 0.316. The summed E-state index contributed by atoms with van der Waals surface area (Å²) in [6.07, 6.45) is 7.51. The number of aromatic nitrogens is 1. The third kappa shape index (κ3) is 2.65. The zero-order valence-corrected chi connectivity index (χ0v) is 10.8. The number of aromatic carboxylic acids is 1. The minimum Gasteiger partial charge on any atom is -0.477 e. The molecule has 0 spiro atoms. The van der Waals surface area contributed by atoms with Gasteiger partial charge < -0.3 is 9.67 Å². The molecule has 1 heterocycles. The molecule has 2 atom stereocenters. The number of carboxylic acid groups (broad SMARTS) is 1. The average molecular weight is 256 g/mol. The van der Waals surface area contributed by atoms with Gasteiger partial charge in [-0.05, 0) is 24.8 Å². The van der Waals surface area contributed by atoms with Gasteiger partial charge in [0.1, 0.15) is 5.69 Å². The Morgan fingerprint density at radius 1 is 1.59 bits per heavy atom. The Morgan fingerprint density at radius 3 is 3.00 bits per heavy atom. The quantitative estimate of drug-likeness (QED) is 0.888. The maximum Gasteiger partial charge on any atom is 0.352 e. The molecule has 94 valence electrons. The van der Waals surface area contributed by atoms with Gasteiger partial charge in [-0.1, -0.05) is 37.8 Å². The lowest BCUT2D eigenvalue weighted by molar-refractivity contribution is 0.0679. The molecule has 1 aromatic heterocycles. The van der Waals surface area contributed by atoms with Crippen LogP contribution in [0, 0.1) is 5.92 Å². The largest absolute Gasteiger partial charge is 0.477 e. The Hall–Kier alpha value is -0.960. The van der Waals surface area contributed by atoms with Crippen LogP contribution >= 0.6 is 11.6 Å². The molecule has 2 rings (SSSR count). The van der Waals surface area contributed by atoms with Gasteiger partial charge >= 0.3 is 5.97 Å². The lowest BCUT2D eigenvalue weighted by atomic mass is 9.84. The summed E-state index contributed by atoms with van der Waals surface area (Å²) in [7, 11) is 0. The molecule has 1 aliphatic rings. The van der Waals surface area contributed by atoms with E-state index < -0.39 is 5.97 Å². The van der Waals surface area contributed by atoms with Gasteiger partial charge in [0.25, 0.3) is 0 Å². The van der Waals surface area contributed by atoms with E-state index in [4.69, 9.17) is 16.7 Å². The molecule has 0 amide bonds. The number of carbonyl (C=O) groups is 1. The lowest BCUT2D eigenvalue weighted by Gasteiger charge is -2.30. The molecule has 0 bridgehead atoms. The summed E-state index contributed by atoms with van der Waals surface area (Å²) >= 11 is 5.91. The van der Waals surface area contributed by atoms with E-state index in [1.54, 1.807) is 12.3 Å². The van der Waals surface area contributed by atoms with E-state index in [9.17, 15) is 4.79 Å². The molecule has 0 radical (unpaired) electrons. The van der Waals surface area contributed by atoms with Crippen LogP contribution in [0.2, 0.25) is 5.02 Å². The first-order valence-corrected chi connectivity index (χ1v) is 6.60. The summed E-state index contributed by atoms with van der Waals surface area (Å²) in [4.78, 5) is 11.1. The Labute approximate surface area is 106 Å². The van der Waals surface area contributed by atoms with Gasteiger partial charge in [-0.3, -0.25) is 0 Å². The molecule has 0 aromatic carbocycles. The molecule has 1 saturated carbocycles. The summed E-state index contributed by atoms with van der Waals surface area (Å²) < 4.78 is 1.85. The average Bonchev–Trinajstić information content (AvgIpc) is 2.72. The summed E-state index contributed by atoms with van der Waals surface area (Å²) in [5.74, 6) is -0.174.